The molecule has 9 heteroatoms. The normalized spacial score (nSPS) is 20.4. The number of ether oxygens (including phenoxy) is 1. The Morgan fingerprint density at radius 1 is 1.31 bits per heavy atom. The maximum atomic E-state index is 14.4. The van der Waals surface area contributed by atoms with Gasteiger partial charge in [0.2, 0.25) is 0 Å². The summed E-state index contributed by atoms with van der Waals surface area (Å²) in [5, 5.41) is 3.71. The minimum absolute atomic E-state index is 0.261. The van der Waals surface area contributed by atoms with E-state index in [0.717, 1.165) is 29.1 Å². The van der Waals surface area contributed by atoms with Gasteiger partial charge in [-0.3, -0.25) is 5.32 Å². The molecule has 0 unspecified atom stereocenters. The Morgan fingerprint density at radius 3 is 2.84 bits per heavy atom. The van der Waals surface area contributed by atoms with Crippen molar-refractivity contribution in [2.75, 3.05) is 25.5 Å². The molecule has 1 aromatic carbocycles. The van der Waals surface area contributed by atoms with Gasteiger partial charge in [-0.1, -0.05) is 12.1 Å². The largest absolute Gasteiger partial charge is 0.493 e. The Kier molecular flexibility index (Phi) is 5.28. The molecule has 32 heavy (non-hydrogen) atoms. The van der Waals surface area contributed by atoms with Gasteiger partial charge in [0, 0.05) is 24.7 Å². The van der Waals surface area contributed by atoms with Gasteiger partial charge in [-0.15, -0.1) is 0 Å². The zero-order valence-corrected chi connectivity index (χ0v) is 18.8. The van der Waals surface area contributed by atoms with Gasteiger partial charge in [-0.2, -0.15) is 4.37 Å². The summed E-state index contributed by atoms with van der Waals surface area (Å²) in [6.45, 7) is 2.62. The molecular formula is C23H24FN5O2S. The maximum absolute atomic E-state index is 14.4. The summed E-state index contributed by atoms with van der Waals surface area (Å²) in [7, 11) is 1.56. The van der Waals surface area contributed by atoms with E-state index in [1.165, 1.54) is 17.9 Å². The Hall–Kier alpha value is -3.07. The van der Waals surface area contributed by atoms with Crippen LogP contribution < -0.4 is 10.1 Å². The van der Waals surface area contributed by atoms with Crippen molar-refractivity contribution in [3.8, 4) is 5.75 Å². The topological polar surface area (TPSA) is 80.2 Å². The molecule has 3 aromatic rings. The van der Waals surface area contributed by atoms with E-state index >= 15 is 0 Å². The van der Waals surface area contributed by atoms with Gasteiger partial charge in [0.25, 0.3) is 0 Å². The minimum atomic E-state index is -0.597. The summed E-state index contributed by atoms with van der Waals surface area (Å²) in [5.74, 6) is 1.15. The van der Waals surface area contributed by atoms with Crippen molar-refractivity contribution in [1.82, 2.24) is 19.2 Å². The number of pyridine rings is 1. The molecule has 166 valence electrons. The van der Waals surface area contributed by atoms with E-state index in [2.05, 4.69) is 19.7 Å². The van der Waals surface area contributed by atoms with Crippen molar-refractivity contribution in [2.24, 2.45) is 0 Å². The molecule has 1 aliphatic heterocycles. The lowest BCUT2D eigenvalue weighted by Gasteiger charge is -2.28. The molecule has 2 amide bonds. The maximum Gasteiger partial charge on any atom is 0.323 e. The van der Waals surface area contributed by atoms with E-state index < -0.39 is 5.41 Å². The smallest absolute Gasteiger partial charge is 0.323 e. The number of methoxy groups -OCH3 is 1. The third kappa shape index (κ3) is 3.70. The van der Waals surface area contributed by atoms with E-state index in [1.54, 1.807) is 31.1 Å². The van der Waals surface area contributed by atoms with Crippen molar-refractivity contribution in [2.45, 2.75) is 37.5 Å². The van der Waals surface area contributed by atoms with Crippen molar-refractivity contribution >= 4 is 23.4 Å². The lowest BCUT2D eigenvalue weighted by atomic mass is 9.80. The number of nitrogens with one attached hydrogen (secondary N) is 1. The quantitative estimate of drug-likeness (QED) is 0.616. The lowest BCUT2D eigenvalue weighted by Crippen LogP contribution is -2.38. The third-order valence-corrected chi connectivity index (χ3v) is 7.24. The number of likely N-dealkylation sites (tertiary alicyclic amines) is 1. The summed E-state index contributed by atoms with van der Waals surface area (Å²) in [6.07, 6.45) is 4.38. The molecule has 2 aromatic heterocycles. The van der Waals surface area contributed by atoms with Crippen molar-refractivity contribution < 1.29 is 13.9 Å². The Labute approximate surface area is 189 Å². The van der Waals surface area contributed by atoms with Crippen LogP contribution in [0.25, 0.3) is 0 Å². The molecule has 1 saturated carbocycles. The number of aryl methyl sites for hydroxylation is 1. The second kappa shape index (κ2) is 8.12. The second-order valence-corrected chi connectivity index (χ2v) is 9.24. The molecule has 1 N–H and O–H groups in total. The standard InChI is InChI=1S/C23H24FN5O2S/c1-14-3-6-16(11-17(14)24)23(21-25-13-26-32-21)9-10-29(12-23)22(30)28-20-19(31-2)8-7-18(27-20)15-4-5-15/h3,6-8,11,13,15H,4-5,9-10,12H2,1-2H3,(H,27,28,30)/t23-/m0/s1. The van der Waals surface area contributed by atoms with Gasteiger partial charge in [0.15, 0.2) is 11.6 Å². The summed E-state index contributed by atoms with van der Waals surface area (Å²) in [5.41, 5.74) is 1.77. The molecule has 0 bridgehead atoms. The highest BCUT2D eigenvalue weighted by Crippen LogP contribution is 2.43. The first-order valence-electron chi connectivity index (χ1n) is 10.6. The first-order valence-corrected chi connectivity index (χ1v) is 11.4. The van der Waals surface area contributed by atoms with Crippen LogP contribution in [0.4, 0.5) is 15.0 Å². The lowest BCUT2D eigenvalue weighted by molar-refractivity contribution is 0.220. The van der Waals surface area contributed by atoms with Crippen molar-refractivity contribution in [3.63, 3.8) is 0 Å². The number of anilines is 1. The summed E-state index contributed by atoms with van der Waals surface area (Å²) in [4.78, 5) is 24.0. The highest BCUT2D eigenvalue weighted by Gasteiger charge is 2.45. The number of halogens is 1. The zero-order chi connectivity index (χ0) is 22.3. The fraction of sp³-hybridized carbons (Fsp3) is 0.391. The van der Waals surface area contributed by atoms with Crippen LogP contribution >= 0.6 is 11.5 Å². The SMILES string of the molecule is COc1ccc(C2CC2)nc1NC(=O)N1CC[C@](c2ccc(C)c(F)c2)(c2ncns2)C1. The molecule has 0 radical (unpaired) electrons. The van der Waals surface area contributed by atoms with Crippen LogP contribution in [0, 0.1) is 12.7 Å². The van der Waals surface area contributed by atoms with Crippen LogP contribution in [-0.4, -0.2) is 45.5 Å². The zero-order valence-electron chi connectivity index (χ0n) is 18.0. The monoisotopic (exact) mass is 453 g/mol. The van der Waals surface area contributed by atoms with Crippen LogP contribution in [-0.2, 0) is 5.41 Å². The van der Waals surface area contributed by atoms with Gasteiger partial charge in [0.1, 0.15) is 17.2 Å². The molecular weight excluding hydrogens is 429 g/mol. The van der Waals surface area contributed by atoms with E-state index in [1.807, 2.05) is 18.2 Å². The van der Waals surface area contributed by atoms with Gasteiger partial charge < -0.3 is 9.64 Å². The van der Waals surface area contributed by atoms with Gasteiger partial charge in [-0.25, -0.2) is 19.2 Å². The Morgan fingerprint density at radius 2 is 2.16 bits per heavy atom. The highest BCUT2D eigenvalue weighted by atomic mass is 32.1. The van der Waals surface area contributed by atoms with Crippen LogP contribution in [0.2, 0.25) is 0 Å². The van der Waals surface area contributed by atoms with Gasteiger partial charge >= 0.3 is 6.03 Å². The molecule has 1 atom stereocenters. The summed E-state index contributed by atoms with van der Waals surface area (Å²) >= 11 is 1.29. The van der Waals surface area contributed by atoms with E-state index in [4.69, 9.17) is 4.74 Å². The van der Waals surface area contributed by atoms with Crippen LogP contribution in [0.15, 0.2) is 36.7 Å². The molecule has 1 aliphatic carbocycles. The predicted molar refractivity (Wildman–Crippen MR) is 120 cm³/mol. The molecule has 7 nitrogen and oxygen atoms in total. The van der Waals surface area contributed by atoms with Crippen molar-refractivity contribution in [3.05, 3.63) is 64.3 Å². The molecule has 5 rings (SSSR count). The predicted octanol–water partition coefficient (Wildman–Crippen LogP) is 4.49. The number of urea groups is 1. The summed E-state index contributed by atoms with van der Waals surface area (Å²) < 4.78 is 24.0. The number of aromatic nitrogens is 3. The fourth-order valence-corrected chi connectivity index (χ4v) is 5.04. The van der Waals surface area contributed by atoms with E-state index in [0.29, 0.717) is 42.6 Å². The Bertz CT molecular complexity index is 1150. The fourth-order valence-electron chi connectivity index (χ4n) is 4.29. The van der Waals surface area contributed by atoms with Crippen LogP contribution in [0.5, 0.6) is 5.75 Å². The minimum Gasteiger partial charge on any atom is -0.493 e. The number of nitrogens with zero attached hydrogens (tertiary/aromatic N) is 4. The number of carbonyl (C=O) groups excluding carboxylic acids is 1. The Balaban J connectivity index is 1.42. The molecule has 0 spiro atoms. The number of carbonyl (C=O) groups is 1. The average Bonchev–Trinajstić information content (AvgIpc) is 3.30. The first-order chi connectivity index (χ1) is 15.5. The van der Waals surface area contributed by atoms with Crippen LogP contribution in [0.1, 0.15) is 47.0 Å². The molecule has 2 aliphatic rings. The highest BCUT2D eigenvalue weighted by molar-refractivity contribution is 7.05. The number of benzene rings is 1. The first kappa shape index (κ1) is 20.8. The van der Waals surface area contributed by atoms with E-state index in [9.17, 15) is 9.18 Å². The number of rotatable bonds is 5. The molecule has 3 heterocycles. The van der Waals surface area contributed by atoms with Crippen LogP contribution in [0.3, 0.4) is 0 Å². The number of hydrogen-bond acceptors (Lipinski definition) is 6. The third-order valence-electron chi connectivity index (χ3n) is 6.37. The average molecular weight is 454 g/mol. The second-order valence-electron chi connectivity index (χ2n) is 8.46. The summed E-state index contributed by atoms with van der Waals surface area (Å²) in [6, 6.07) is 8.79. The number of amides is 2. The van der Waals surface area contributed by atoms with Gasteiger partial charge in [-0.05, 0) is 67.0 Å². The number of hydrogen-bond donors (Lipinski definition) is 1. The van der Waals surface area contributed by atoms with Crippen molar-refractivity contribution in [1.29, 1.82) is 0 Å². The molecule has 1 saturated heterocycles. The molecule has 2 fully saturated rings. The van der Waals surface area contributed by atoms with E-state index in [-0.39, 0.29) is 11.8 Å². The van der Waals surface area contributed by atoms with Gasteiger partial charge in [0.05, 0.1) is 12.5 Å².